The van der Waals surface area contributed by atoms with E-state index < -0.39 is 21.9 Å². The number of hydrogen-bond acceptors (Lipinski definition) is 4. The summed E-state index contributed by atoms with van der Waals surface area (Å²) < 4.78 is 46.4. The van der Waals surface area contributed by atoms with Gasteiger partial charge in [-0.1, -0.05) is 42.5 Å². The molecule has 4 rings (SSSR count). The van der Waals surface area contributed by atoms with E-state index in [0.29, 0.717) is 32.4 Å². The third-order valence-electron chi connectivity index (χ3n) is 6.06. The van der Waals surface area contributed by atoms with Gasteiger partial charge in [0.15, 0.2) is 5.78 Å². The van der Waals surface area contributed by atoms with Crippen LogP contribution in [0.25, 0.3) is 0 Å². The first-order valence-corrected chi connectivity index (χ1v) is 12.9. The summed E-state index contributed by atoms with van der Waals surface area (Å²) >= 11 is 0. The Kier molecular flexibility index (Phi) is 7.75. The Morgan fingerprint density at radius 1 is 0.941 bits per heavy atom. The summed E-state index contributed by atoms with van der Waals surface area (Å²) in [5.74, 6) is 0.153. The summed E-state index contributed by atoms with van der Waals surface area (Å²) in [6.07, 6.45) is 2.69. The molecule has 0 unspecified atom stereocenters. The van der Waals surface area contributed by atoms with E-state index in [1.807, 2.05) is 42.5 Å². The number of ether oxygens (including phenoxy) is 1. The van der Waals surface area contributed by atoms with Gasteiger partial charge in [-0.25, -0.2) is 12.8 Å². The van der Waals surface area contributed by atoms with Crippen LogP contribution in [0.3, 0.4) is 0 Å². The van der Waals surface area contributed by atoms with Crippen LogP contribution in [0.1, 0.15) is 30.4 Å². The molecule has 0 bridgehead atoms. The Hall–Kier alpha value is -3.03. The monoisotopic (exact) mass is 481 g/mol. The summed E-state index contributed by atoms with van der Waals surface area (Å²) in [5, 5.41) is 0. The highest BCUT2D eigenvalue weighted by atomic mass is 32.2. The van der Waals surface area contributed by atoms with Gasteiger partial charge in [0.2, 0.25) is 10.0 Å². The quantitative estimate of drug-likeness (QED) is 0.417. The zero-order valence-electron chi connectivity index (χ0n) is 18.9. The van der Waals surface area contributed by atoms with Gasteiger partial charge < -0.3 is 4.74 Å². The van der Waals surface area contributed by atoms with Gasteiger partial charge in [-0.15, -0.1) is 0 Å². The molecule has 0 amide bonds. The molecule has 0 spiro atoms. The average molecular weight is 482 g/mol. The highest BCUT2D eigenvalue weighted by Crippen LogP contribution is 2.28. The Bertz CT molecular complexity index is 1210. The van der Waals surface area contributed by atoms with Crippen LogP contribution in [-0.2, 0) is 27.7 Å². The topological polar surface area (TPSA) is 63.7 Å². The second-order valence-electron chi connectivity index (χ2n) is 8.43. The van der Waals surface area contributed by atoms with Crippen molar-refractivity contribution < 1.29 is 22.3 Å². The fraction of sp³-hybridized carbons (Fsp3) is 0.296. The third kappa shape index (κ3) is 5.90. The Balaban J connectivity index is 1.34. The van der Waals surface area contributed by atoms with Crippen molar-refractivity contribution in [1.29, 1.82) is 0 Å². The Labute approximate surface area is 200 Å². The van der Waals surface area contributed by atoms with Crippen LogP contribution < -0.4 is 4.74 Å². The predicted molar refractivity (Wildman–Crippen MR) is 129 cm³/mol. The molecule has 1 aliphatic heterocycles. The number of rotatable bonds is 10. The summed E-state index contributed by atoms with van der Waals surface area (Å²) in [7, 11) is -3.85. The van der Waals surface area contributed by atoms with Gasteiger partial charge in [-0.2, -0.15) is 4.31 Å². The second kappa shape index (κ2) is 10.9. The summed E-state index contributed by atoms with van der Waals surface area (Å²) in [6, 6.07) is 21.8. The smallest absolute Gasteiger partial charge is 0.243 e. The molecule has 5 nitrogen and oxygen atoms in total. The number of hydrogen-bond donors (Lipinski definition) is 0. The first-order chi connectivity index (χ1) is 16.4. The van der Waals surface area contributed by atoms with Gasteiger partial charge in [0.05, 0.1) is 17.5 Å². The molecule has 0 aromatic heterocycles. The standard InChI is InChI=1S/C27H28FNO4S/c28-23-12-14-25(15-13-23)34(31,32)29-18-5-10-26(29)27(30)16-11-22-8-4-9-24(20-22)33-19-17-21-6-2-1-3-7-21/h1-4,6-9,12-15,20,26H,5,10-11,16-19H2/t26-/m0/s1. The lowest BCUT2D eigenvalue weighted by Crippen LogP contribution is -2.40. The zero-order valence-corrected chi connectivity index (χ0v) is 19.7. The molecule has 0 N–H and O–H groups in total. The summed E-state index contributed by atoms with van der Waals surface area (Å²) in [5.41, 5.74) is 2.18. The third-order valence-corrected chi connectivity index (χ3v) is 7.98. The molecule has 1 atom stereocenters. The minimum absolute atomic E-state index is 0.00829. The van der Waals surface area contributed by atoms with E-state index in [-0.39, 0.29) is 17.1 Å². The molecule has 0 radical (unpaired) electrons. The maximum atomic E-state index is 13.2. The minimum atomic E-state index is -3.85. The molecule has 3 aromatic rings. The van der Waals surface area contributed by atoms with Gasteiger partial charge in [-0.3, -0.25) is 4.79 Å². The molecule has 3 aromatic carbocycles. The van der Waals surface area contributed by atoms with Crippen LogP contribution in [0.4, 0.5) is 4.39 Å². The van der Waals surface area contributed by atoms with E-state index in [1.54, 1.807) is 0 Å². The molecule has 1 saturated heterocycles. The van der Waals surface area contributed by atoms with Gasteiger partial charge in [-0.05, 0) is 66.8 Å². The lowest BCUT2D eigenvalue weighted by molar-refractivity contribution is -0.122. The molecule has 178 valence electrons. The molecule has 7 heteroatoms. The van der Waals surface area contributed by atoms with Gasteiger partial charge in [0, 0.05) is 19.4 Å². The number of benzene rings is 3. The molecule has 1 heterocycles. The Morgan fingerprint density at radius 2 is 1.68 bits per heavy atom. The number of carbonyl (C=O) groups is 1. The lowest BCUT2D eigenvalue weighted by Gasteiger charge is -2.23. The molecule has 0 aliphatic carbocycles. The molecular weight excluding hydrogens is 453 g/mol. The van der Waals surface area contributed by atoms with Crippen LogP contribution >= 0.6 is 0 Å². The van der Waals surface area contributed by atoms with E-state index in [2.05, 4.69) is 12.1 Å². The van der Waals surface area contributed by atoms with Crippen molar-refractivity contribution >= 4 is 15.8 Å². The van der Waals surface area contributed by atoms with Gasteiger partial charge in [0.25, 0.3) is 0 Å². The van der Waals surface area contributed by atoms with E-state index >= 15 is 0 Å². The lowest BCUT2D eigenvalue weighted by atomic mass is 10.0. The average Bonchev–Trinajstić information content (AvgIpc) is 3.35. The zero-order chi connectivity index (χ0) is 24.0. The van der Waals surface area contributed by atoms with Crippen LogP contribution in [0.2, 0.25) is 0 Å². The van der Waals surface area contributed by atoms with Crippen molar-refractivity contribution in [3.05, 3.63) is 95.8 Å². The van der Waals surface area contributed by atoms with Gasteiger partial charge in [0.1, 0.15) is 11.6 Å². The first-order valence-electron chi connectivity index (χ1n) is 11.5. The van der Waals surface area contributed by atoms with E-state index in [9.17, 15) is 17.6 Å². The van der Waals surface area contributed by atoms with Gasteiger partial charge >= 0.3 is 0 Å². The van der Waals surface area contributed by atoms with Crippen molar-refractivity contribution in [2.24, 2.45) is 0 Å². The Morgan fingerprint density at radius 3 is 2.44 bits per heavy atom. The van der Waals surface area contributed by atoms with Crippen LogP contribution in [-0.4, -0.2) is 37.7 Å². The maximum Gasteiger partial charge on any atom is 0.243 e. The highest BCUT2D eigenvalue weighted by Gasteiger charge is 2.38. The van der Waals surface area contributed by atoms with Crippen LogP contribution in [0, 0.1) is 5.82 Å². The molecule has 0 saturated carbocycles. The number of sulfonamides is 1. The van der Waals surface area contributed by atoms with E-state index in [1.165, 1.54) is 22.0 Å². The molecule has 1 aliphatic rings. The van der Waals surface area contributed by atoms with Crippen molar-refractivity contribution in [1.82, 2.24) is 4.31 Å². The van der Waals surface area contributed by atoms with E-state index in [4.69, 9.17) is 4.74 Å². The number of halogens is 1. The number of ketones is 1. The fourth-order valence-electron chi connectivity index (χ4n) is 4.25. The van der Waals surface area contributed by atoms with Crippen molar-refractivity contribution in [2.75, 3.05) is 13.2 Å². The van der Waals surface area contributed by atoms with Crippen LogP contribution in [0.15, 0.2) is 83.8 Å². The number of carbonyl (C=O) groups excluding carboxylic acids is 1. The second-order valence-corrected chi connectivity index (χ2v) is 10.3. The minimum Gasteiger partial charge on any atom is -0.493 e. The van der Waals surface area contributed by atoms with Crippen LogP contribution in [0.5, 0.6) is 5.75 Å². The largest absolute Gasteiger partial charge is 0.493 e. The predicted octanol–water partition coefficient (Wildman–Crippen LogP) is 4.80. The molecule has 34 heavy (non-hydrogen) atoms. The van der Waals surface area contributed by atoms with Crippen molar-refractivity contribution in [3.8, 4) is 5.75 Å². The summed E-state index contributed by atoms with van der Waals surface area (Å²) in [4.78, 5) is 13.0. The maximum absolute atomic E-state index is 13.2. The highest BCUT2D eigenvalue weighted by molar-refractivity contribution is 7.89. The number of Topliss-reactive ketones (excluding diaryl/α,β-unsaturated/α-hetero) is 1. The summed E-state index contributed by atoms with van der Waals surface area (Å²) in [6.45, 7) is 0.853. The van der Waals surface area contributed by atoms with Crippen molar-refractivity contribution in [3.63, 3.8) is 0 Å². The van der Waals surface area contributed by atoms with Crippen molar-refractivity contribution in [2.45, 2.75) is 43.0 Å². The normalized spacial score (nSPS) is 16.4. The SMILES string of the molecule is O=C(CCc1cccc(OCCc2ccccc2)c1)[C@@H]1CCCN1S(=O)(=O)c1ccc(F)cc1. The fourth-order valence-corrected chi connectivity index (χ4v) is 5.93. The molecular formula is C27H28FNO4S. The molecule has 1 fully saturated rings. The van der Waals surface area contributed by atoms with E-state index in [0.717, 1.165) is 29.9 Å². The first kappa shape index (κ1) is 24.1. The number of nitrogens with zero attached hydrogens (tertiary/aromatic N) is 1. The number of aryl methyl sites for hydroxylation is 1.